The van der Waals surface area contributed by atoms with Gasteiger partial charge in [0, 0.05) is 0 Å². The van der Waals surface area contributed by atoms with Gasteiger partial charge in [-0.2, -0.15) is 0 Å². The molecule has 17 heavy (non-hydrogen) atoms. The summed E-state index contributed by atoms with van der Waals surface area (Å²) in [6.45, 7) is 7.42. The van der Waals surface area contributed by atoms with E-state index in [-0.39, 0.29) is 5.91 Å². The number of carboxylic acids is 1. The average molecular weight is 244 g/mol. The quantitative estimate of drug-likeness (QED) is 0.625. The molecule has 0 radical (unpaired) electrons. The van der Waals surface area contributed by atoms with Gasteiger partial charge in [-0.25, -0.2) is 4.79 Å². The molecule has 0 aliphatic rings. The molecule has 0 aromatic heterocycles. The van der Waals surface area contributed by atoms with Crippen molar-refractivity contribution in [1.29, 1.82) is 0 Å². The summed E-state index contributed by atoms with van der Waals surface area (Å²) in [5.74, 6) is -1.09. The predicted octanol–water partition coefficient (Wildman–Crippen LogP) is 1.12. The van der Waals surface area contributed by atoms with Crippen LogP contribution >= 0.6 is 0 Å². The molecule has 0 aliphatic carbocycles. The molecule has 0 aliphatic heterocycles. The fourth-order valence-electron chi connectivity index (χ4n) is 1.73. The minimum Gasteiger partial charge on any atom is -0.480 e. The smallest absolute Gasteiger partial charge is 0.329 e. The number of nitrogens with one attached hydrogen (secondary N) is 1. The van der Waals surface area contributed by atoms with E-state index in [1.807, 2.05) is 13.8 Å². The van der Waals surface area contributed by atoms with Gasteiger partial charge in [0.2, 0.25) is 5.91 Å². The fourth-order valence-corrected chi connectivity index (χ4v) is 1.73. The molecule has 0 aromatic carbocycles. The van der Waals surface area contributed by atoms with Crippen LogP contribution in [0.25, 0.3) is 0 Å². The molecule has 100 valence electrons. The van der Waals surface area contributed by atoms with E-state index < -0.39 is 17.6 Å². The monoisotopic (exact) mass is 244 g/mol. The van der Waals surface area contributed by atoms with Crippen molar-refractivity contribution in [1.82, 2.24) is 5.32 Å². The molecule has 5 nitrogen and oxygen atoms in total. The summed E-state index contributed by atoms with van der Waals surface area (Å²) in [7, 11) is 0. The Labute approximate surface area is 103 Å². The summed E-state index contributed by atoms with van der Waals surface area (Å²) >= 11 is 0. The van der Waals surface area contributed by atoms with Crippen LogP contribution in [-0.2, 0) is 9.59 Å². The van der Waals surface area contributed by atoms with Crippen molar-refractivity contribution in [3.8, 4) is 0 Å². The van der Waals surface area contributed by atoms with Crippen molar-refractivity contribution in [3.05, 3.63) is 0 Å². The number of carbonyl (C=O) groups excluding carboxylic acids is 1. The second-order valence-corrected chi connectivity index (χ2v) is 4.82. The van der Waals surface area contributed by atoms with Gasteiger partial charge in [-0.1, -0.05) is 27.7 Å². The lowest BCUT2D eigenvalue weighted by Gasteiger charge is -2.29. The van der Waals surface area contributed by atoms with E-state index in [1.165, 1.54) is 0 Å². The molecule has 5 heteroatoms. The van der Waals surface area contributed by atoms with Gasteiger partial charge < -0.3 is 16.2 Å². The van der Waals surface area contributed by atoms with Crippen LogP contribution in [0.4, 0.5) is 0 Å². The van der Waals surface area contributed by atoms with Crippen molar-refractivity contribution >= 4 is 11.9 Å². The fraction of sp³-hybridized carbons (Fsp3) is 0.833. The maximum absolute atomic E-state index is 11.8. The highest BCUT2D eigenvalue weighted by atomic mass is 16.4. The number of rotatable bonds is 7. The Hall–Kier alpha value is -1.10. The van der Waals surface area contributed by atoms with Crippen molar-refractivity contribution in [2.24, 2.45) is 11.7 Å². The van der Waals surface area contributed by atoms with Gasteiger partial charge in [0.05, 0.1) is 6.04 Å². The van der Waals surface area contributed by atoms with Gasteiger partial charge in [0.15, 0.2) is 0 Å². The largest absolute Gasteiger partial charge is 0.480 e. The number of hydrogen-bond donors (Lipinski definition) is 3. The topological polar surface area (TPSA) is 92.4 Å². The van der Waals surface area contributed by atoms with Crippen LogP contribution in [0.5, 0.6) is 0 Å². The first-order valence-corrected chi connectivity index (χ1v) is 6.10. The maximum Gasteiger partial charge on any atom is 0.329 e. The van der Waals surface area contributed by atoms with Crippen molar-refractivity contribution in [2.75, 3.05) is 0 Å². The van der Waals surface area contributed by atoms with Gasteiger partial charge in [0.1, 0.15) is 5.54 Å². The van der Waals surface area contributed by atoms with Crippen LogP contribution in [0.2, 0.25) is 0 Å². The van der Waals surface area contributed by atoms with E-state index in [1.54, 1.807) is 13.8 Å². The Kier molecular flexibility index (Phi) is 6.16. The van der Waals surface area contributed by atoms with Gasteiger partial charge in [-0.15, -0.1) is 0 Å². The molecule has 0 unspecified atom stereocenters. The molecule has 0 heterocycles. The first-order valence-electron chi connectivity index (χ1n) is 6.10. The van der Waals surface area contributed by atoms with E-state index in [2.05, 4.69) is 5.32 Å². The Morgan fingerprint density at radius 1 is 1.29 bits per heavy atom. The lowest BCUT2D eigenvalue weighted by atomic mass is 9.92. The lowest BCUT2D eigenvalue weighted by molar-refractivity contribution is -0.148. The van der Waals surface area contributed by atoms with Gasteiger partial charge in [0.25, 0.3) is 0 Å². The standard InChI is InChI=1S/C12H24N2O3/c1-5-12(6-2,11(16)17)14-10(15)9(13)7-8(3)4/h8-9H,5-7,13H2,1-4H3,(H,14,15)(H,16,17)/t9-/m0/s1. The number of nitrogens with two attached hydrogens (primary N) is 1. The minimum absolute atomic E-state index is 0.304. The highest BCUT2D eigenvalue weighted by molar-refractivity contribution is 5.89. The molecular weight excluding hydrogens is 220 g/mol. The van der Waals surface area contributed by atoms with Crippen LogP contribution < -0.4 is 11.1 Å². The third kappa shape index (κ3) is 4.34. The number of carbonyl (C=O) groups is 2. The Bertz CT molecular complexity index is 273. The van der Waals surface area contributed by atoms with Crippen LogP contribution in [0.3, 0.4) is 0 Å². The summed E-state index contributed by atoms with van der Waals surface area (Å²) < 4.78 is 0. The van der Waals surface area contributed by atoms with E-state index in [9.17, 15) is 14.7 Å². The zero-order chi connectivity index (χ0) is 13.6. The zero-order valence-electron chi connectivity index (χ0n) is 11.1. The zero-order valence-corrected chi connectivity index (χ0v) is 11.1. The molecular formula is C12H24N2O3. The molecule has 4 N–H and O–H groups in total. The Morgan fingerprint density at radius 3 is 2.06 bits per heavy atom. The van der Waals surface area contributed by atoms with Crippen LogP contribution in [-0.4, -0.2) is 28.6 Å². The predicted molar refractivity (Wildman–Crippen MR) is 66.5 cm³/mol. The molecule has 0 spiro atoms. The summed E-state index contributed by atoms with van der Waals surface area (Å²) in [4.78, 5) is 23.0. The van der Waals surface area contributed by atoms with Crippen LogP contribution in [0, 0.1) is 5.92 Å². The molecule has 1 atom stereocenters. The SMILES string of the molecule is CCC(CC)(NC(=O)[C@@H](N)CC(C)C)C(=O)O. The second kappa shape index (κ2) is 6.59. The average Bonchev–Trinajstić information content (AvgIpc) is 2.24. The van der Waals surface area contributed by atoms with Crippen LogP contribution in [0.1, 0.15) is 47.0 Å². The van der Waals surface area contributed by atoms with Crippen LogP contribution in [0.15, 0.2) is 0 Å². The lowest BCUT2D eigenvalue weighted by Crippen LogP contribution is -2.57. The molecule has 1 amide bonds. The molecule has 0 saturated heterocycles. The summed E-state index contributed by atoms with van der Waals surface area (Å²) in [6, 6.07) is -0.646. The Morgan fingerprint density at radius 2 is 1.76 bits per heavy atom. The molecule has 0 saturated carbocycles. The van der Waals surface area contributed by atoms with E-state index in [0.717, 1.165) is 0 Å². The number of aliphatic carboxylic acids is 1. The third-order valence-corrected chi connectivity index (χ3v) is 3.04. The second-order valence-electron chi connectivity index (χ2n) is 4.82. The van der Waals surface area contributed by atoms with Crippen molar-refractivity contribution in [3.63, 3.8) is 0 Å². The normalized spacial score (nSPS) is 13.5. The Balaban J connectivity index is 4.67. The molecule has 0 rings (SSSR count). The molecule has 0 bridgehead atoms. The molecule has 0 aromatic rings. The maximum atomic E-state index is 11.8. The van der Waals surface area contributed by atoms with Crippen molar-refractivity contribution < 1.29 is 14.7 Å². The van der Waals surface area contributed by atoms with Gasteiger partial charge >= 0.3 is 5.97 Å². The highest BCUT2D eigenvalue weighted by Gasteiger charge is 2.37. The van der Waals surface area contributed by atoms with E-state index >= 15 is 0 Å². The van der Waals surface area contributed by atoms with Gasteiger partial charge in [-0.05, 0) is 25.2 Å². The van der Waals surface area contributed by atoms with Crippen molar-refractivity contribution in [2.45, 2.75) is 58.5 Å². The van der Waals surface area contributed by atoms with Gasteiger partial charge in [-0.3, -0.25) is 4.79 Å². The molecule has 0 fully saturated rings. The first-order chi connectivity index (χ1) is 7.79. The number of hydrogen-bond acceptors (Lipinski definition) is 3. The minimum atomic E-state index is -1.19. The number of carboxylic acid groups (broad SMARTS) is 1. The van der Waals surface area contributed by atoms with E-state index in [4.69, 9.17) is 5.73 Å². The van der Waals surface area contributed by atoms with E-state index in [0.29, 0.717) is 25.2 Å². The summed E-state index contributed by atoms with van der Waals surface area (Å²) in [5, 5.41) is 11.8. The summed E-state index contributed by atoms with van der Waals surface area (Å²) in [6.07, 6.45) is 1.24. The summed E-state index contributed by atoms with van der Waals surface area (Å²) in [5.41, 5.74) is 4.54. The first kappa shape index (κ1) is 15.9. The highest BCUT2D eigenvalue weighted by Crippen LogP contribution is 2.16. The third-order valence-electron chi connectivity index (χ3n) is 3.04. The number of amides is 1.